The smallest absolute Gasteiger partial charge is 0.196 e. The Balaban J connectivity index is 1.95. The number of rotatable bonds is 2. The fourth-order valence-corrected chi connectivity index (χ4v) is 3.81. The van der Waals surface area contributed by atoms with Gasteiger partial charge in [0, 0.05) is 37.3 Å². The Bertz CT molecular complexity index is 815. The molecular weight excluding hydrogens is 307 g/mol. The highest BCUT2D eigenvalue weighted by Crippen LogP contribution is 2.42. The molecule has 0 bridgehead atoms. The summed E-state index contributed by atoms with van der Waals surface area (Å²) < 4.78 is 13.7. The van der Waals surface area contributed by atoms with Crippen molar-refractivity contribution >= 4 is 11.6 Å². The van der Waals surface area contributed by atoms with E-state index in [1.807, 2.05) is 23.1 Å². The van der Waals surface area contributed by atoms with Gasteiger partial charge in [0.1, 0.15) is 5.82 Å². The number of hydrogen-bond donors (Lipinski definition) is 1. The number of fused-ring (bicyclic) bond motifs is 1. The summed E-state index contributed by atoms with van der Waals surface area (Å²) in [6.07, 6.45) is 0. The monoisotopic (exact) mass is 324 g/mol. The lowest BCUT2D eigenvalue weighted by molar-refractivity contribution is 0.0443. The maximum absolute atomic E-state index is 13.7. The molecule has 4 rings (SSSR count). The number of nitrogens with zero attached hydrogens (tertiary/aromatic N) is 1. The third-order valence-corrected chi connectivity index (χ3v) is 4.91. The zero-order valence-electron chi connectivity index (χ0n) is 13.1. The van der Waals surface area contributed by atoms with E-state index in [9.17, 15) is 14.0 Å². The molecule has 1 aliphatic heterocycles. The van der Waals surface area contributed by atoms with Crippen LogP contribution in [0.25, 0.3) is 0 Å². The first-order chi connectivity index (χ1) is 11.7. The minimum atomic E-state index is -1.38. The molecule has 2 aromatic carbocycles. The average molecular weight is 324 g/mol. The minimum absolute atomic E-state index is 0.183. The zero-order chi connectivity index (χ0) is 16.7. The number of nitrogens with one attached hydrogen (secondary N) is 1. The fraction of sp³-hybridized carbons (Fsp3) is 0.263. The van der Waals surface area contributed by atoms with Crippen LogP contribution in [-0.2, 0) is 5.54 Å². The first-order valence-corrected chi connectivity index (χ1v) is 8.06. The molecule has 1 atom stereocenters. The molecular formula is C19H17FN2O2. The number of hydrogen-bond acceptors (Lipinski definition) is 4. The van der Waals surface area contributed by atoms with Gasteiger partial charge in [-0.3, -0.25) is 14.5 Å². The van der Waals surface area contributed by atoms with Crippen molar-refractivity contribution in [1.82, 2.24) is 10.2 Å². The van der Waals surface area contributed by atoms with Crippen LogP contribution in [0.3, 0.4) is 0 Å². The van der Waals surface area contributed by atoms with Crippen LogP contribution >= 0.6 is 0 Å². The van der Waals surface area contributed by atoms with Gasteiger partial charge in [-0.2, -0.15) is 0 Å². The largest absolute Gasteiger partial charge is 0.314 e. The van der Waals surface area contributed by atoms with Crippen LogP contribution in [0.2, 0.25) is 0 Å². The third-order valence-electron chi connectivity index (χ3n) is 4.91. The number of carbonyl (C=O) groups excluding carboxylic acids is 2. The number of piperazine rings is 1. The van der Waals surface area contributed by atoms with E-state index >= 15 is 0 Å². The van der Waals surface area contributed by atoms with Crippen LogP contribution in [0.1, 0.15) is 26.3 Å². The van der Waals surface area contributed by atoms with Gasteiger partial charge in [-0.1, -0.05) is 30.3 Å². The lowest BCUT2D eigenvalue weighted by atomic mass is 9.82. The molecule has 4 nitrogen and oxygen atoms in total. The molecule has 122 valence electrons. The molecule has 1 N–H and O–H groups in total. The Morgan fingerprint density at radius 3 is 2.29 bits per heavy atom. The summed E-state index contributed by atoms with van der Waals surface area (Å²) in [7, 11) is 0. The third kappa shape index (κ3) is 1.98. The number of carbonyl (C=O) groups is 2. The van der Waals surface area contributed by atoms with Crippen molar-refractivity contribution in [2.75, 3.05) is 26.2 Å². The van der Waals surface area contributed by atoms with Gasteiger partial charge >= 0.3 is 0 Å². The van der Waals surface area contributed by atoms with E-state index in [1.54, 1.807) is 12.1 Å². The Kier molecular flexibility index (Phi) is 3.55. The standard InChI is InChI=1S/C19H17FN2O2/c20-14-6-7-15-16(12-14)18(24)19(17(15)23,13-4-2-1-3-5-13)22-10-8-21-9-11-22/h1-7,12,21H,8-11H2. The highest BCUT2D eigenvalue weighted by molar-refractivity contribution is 6.32. The molecule has 24 heavy (non-hydrogen) atoms. The van der Waals surface area contributed by atoms with Gasteiger partial charge in [0.05, 0.1) is 0 Å². The Morgan fingerprint density at radius 1 is 0.917 bits per heavy atom. The molecule has 1 fully saturated rings. The first kappa shape index (κ1) is 15.2. The molecule has 0 spiro atoms. The van der Waals surface area contributed by atoms with Gasteiger partial charge < -0.3 is 5.32 Å². The van der Waals surface area contributed by atoms with E-state index in [1.165, 1.54) is 18.2 Å². The fourth-order valence-electron chi connectivity index (χ4n) is 3.81. The molecule has 5 heteroatoms. The van der Waals surface area contributed by atoms with Crippen LogP contribution in [0.5, 0.6) is 0 Å². The number of benzene rings is 2. The van der Waals surface area contributed by atoms with Crippen LogP contribution in [-0.4, -0.2) is 42.6 Å². The molecule has 0 radical (unpaired) electrons. The second kappa shape index (κ2) is 5.61. The number of ketones is 2. The van der Waals surface area contributed by atoms with Gasteiger partial charge in [0.25, 0.3) is 0 Å². The van der Waals surface area contributed by atoms with Gasteiger partial charge in [-0.05, 0) is 23.8 Å². The van der Waals surface area contributed by atoms with Gasteiger partial charge in [0.15, 0.2) is 17.1 Å². The number of Topliss-reactive ketones (excluding diaryl/α,β-unsaturated/α-hetero) is 2. The van der Waals surface area contributed by atoms with Gasteiger partial charge in [-0.15, -0.1) is 0 Å². The summed E-state index contributed by atoms with van der Waals surface area (Å²) in [6.45, 7) is 2.59. The molecule has 1 saturated heterocycles. The normalized spacial score (nSPS) is 24.2. The maximum Gasteiger partial charge on any atom is 0.196 e. The second-order valence-corrected chi connectivity index (χ2v) is 6.16. The van der Waals surface area contributed by atoms with E-state index in [0.717, 1.165) is 0 Å². The number of halogens is 1. The average Bonchev–Trinajstić information content (AvgIpc) is 2.85. The van der Waals surface area contributed by atoms with E-state index in [-0.39, 0.29) is 17.1 Å². The molecule has 1 aliphatic carbocycles. The Morgan fingerprint density at radius 2 is 1.58 bits per heavy atom. The van der Waals surface area contributed by atoms with Crippen molar-refractivity contribution in [1.29, 1.82) is 0 Å². The van der Waals surface area contributed by atoms with Gasteiger partial charge in [0.2, 0.25) is 0 Å². The lowest BCUT2D eigenvalue weighted by Gasteiger charge is -2.41. The molecule has 0 aromatic heterocycles. The summed E-state index contributed by atoms with van der Waals surface area (Å²) in [5.41, 5.74) is -0.232. The maximum atomic E-state index is 13.7. The van der Waals surface area contributed by atoms with Crippen molar-refractivity contribution in [2.45, 2.75) is 5.54 Å². The quantitative estimate of drug-likeness (QED) is 0.859. The highest BCUT2D eigenvalue weighted by Gasteiger charge is 2.57. The zero-order valence-corrected chi connectivity index (χ0v) is 13.1. The summed E-state index contributed by atoms with van der Waals surface area (Å²) in [4.78, 5) is 28.6. The molecule has 1 unspecified atom stereocenters. The van der Waals surface area contributed by atoms with E-state index < -0.39 is 11.4 Å². The summed E-state index contributed by atoms with van der Waals surface area (Å²) in [5.74, 6) is -1.08. The summed E-state index contributed by atoms with van der Waals surface area (Å²) in [6, 6.07) is 13.0. The predicted molar refractivity (Wildman–Crippen MR) is 87.6 cm³/mol. The topological polar surface area (TPSA) is 49.4 Å². The van der Waals surface area contributed by atoms with Crippen LogP contribution in [0, 0.1) is 5.82 Å². The van der Waals surface area contributed by atoms with Crippen molar-refractivity contribution in [2.24, 2.45) is 0 Å². The predicted octanol–water partition coefficient (Wildman–Crippen LogP) is 2.01. The Labute approximate surface area is 139 Å². The molecule has 1 heterocycles. The van der Waals surface area contributed by atoms with Gasteiger partial charge in [-0.25, -0.2) is 4.39 Å². The minimum Gasteiger partial charge on any atom is -0.314 e. The Hall–Kier alpha value is -2.37. The van der Waals surface area contributed by atoms with Crippen molar-refractivity contribution < 1.29 is 14.0 Å². The van der Waals surface area contributed by atoms with Crippen LogP contribution in [0.15, 0.2) is 48.5 Å². The van der Waals surface area contributed by atoms with E-state index in [0.29, 0.717) is 37.3 Å². The summed E-state index contributed by atoms with van der Waals surface area (Å²) >= 11 is 0. The summed E-state index contributed by atoms with van der Waals surface area (Å²) in [5, 5.41) is 3.24. The van der Waals surface area contributed by atoms with E-state index in [2.05, 4.69) is 5.32 Å². The van der Waals surface area contributed by atoms with Crippen molar-refractivity contribution in [3.05, 3.63) is 71.0 Å². The SMILES string of the molecule is O=C1c2ccc(F)cc2C(=O)C1(c1ccccc1)N1CCNCC1. The van der Waals surface area contributed by atoms with Crippen molar-refractivity contribution in [3.8, 4) is 0 Å². The second-order valence-electron chi connectivity index (χ2n) is 6.16. The molecule has 0 amide bonds. The lowest BCUT2D eigenvalue weighted by Crippen LogP contribution is -2.59. The molecule has 2 aromatic rings. The van der Waals surface area contributed by atoms with Crippen molar-refractivity contribution in [3.63, 3.8) is 0 Å². The molecule has 0 saturated carbocycles. The van der Waals surface area contributed by atoms with Crippen LogP contribution < -0.4 is 5.32 Å². The molecule has 2 aliphatic rings. The van der Waals surface area contributed by atoms with E-state index in [4.69, 9.17) is 0 Å². The first-order valence-electron chi connectivity index (χ1n) is 8.06. The van der Waals surface area contributed by atoms with Crippen LogP contribution in [0.4, 0.5) is 4.39 Å². The highest BCUT2D eigenvalue weighted by atomic mass is 19.1.